The first-order valence-corrected chi connectivity index (χ1v) is 10.1. The molecular weight excluding hydrogens is 340 g/mol. The number of piperidine rings is 2. The van der Waals surface area contributed by atoms with Gasteiger partial charge in [0.15, 0.2) is 0 Å². The van der Waals surface area contributed by atoms with Crippen molar-refractivity contribution in [3.05, 3.63) is 35.6 Å². The van der Waals surface area contributed by atoms with E-state index in [4.69, 9.17) is 4.42 Å². The molecule has 2 aliphatic rings. The SMILES string of the molecule is Cc1ccc2c(CC(=O)N3CCC(C(=O)N4CCCCC4)CC3)coc2c1. The van der Waals surface area contributed by atoms with Gasteiger partial charge in [0, 0.05) is 43.0 Å². The maximum Gasteiger partial charge on any atom is 0.227 e. The van der Waals surface area contributed by atoms with E-state index < -0.39 is 0 Å². The summed E-state index contributed by atoms with van der Waals surface area (Å²) in [4.78, 5) is 29.4. The van der Waals surface area contributed by atoms with E-state index in [2.05, 4.69) is 0 Å². The number of amides is 2. The molecule has 0 unspecified atom stereocenters. The zero-order valence-electron chi connectivity index (χ0n) is 16.1. The molecular formula is C22H28N2O3. The molecule has 5 nitrogen and oxygen atoms in total. The van der Waals surface area contributed by atoms with Crippen LogP contribution >= 0.6 is 0 Å². The lowest BCUT2D eigenvalue weighted by Gasteiger charge is -2.35. The maximum atomic E-state index is 12.7. The zero-order valence-corrected chi connectivity index (χ0v) is 16.1. The molecule has 2 aromatic rings. The van der Waals surface area contributed by atoms with Crippen LogP contribution in [-0.4, -0.2) is 47.8 Å². The fourth-order valence-electron chi connectivity index (χ4n) is 4.35. The molecule has 2 saturated heterocycles. The predicted octanol–water partition coefficient (Wildman–Crippen LogP) is 3.53. The van der Waals surface area contributed by atoms with Crippen molar-refractivity contribution in [2.75, 3.05) is 26.2 Å². The van der Waals surface area contributed by atoms with Gasteiger partial charge in [0.1, 0.15) is 5.58 Å². The number of nitrogens with zero attached hydrogens (tertiary/aromatic N) is 2. The Bertz CT molecular complexity index is 827. The van der Waals surface area contributed by atoms with Crippen LogP contribution in [0.1, 0.15) is 43.2 Å². The lowest BCUT2D eigenvalue weighted by atomic mass is 9.94. The first-order chi connectivity index (χ1) is 13.1. The number of likely N-dealkylation sites (tertiary alicyclic amines) is 2. The molecule has 4 rings (SSSR count). The first-order valence-electron chi connectivity index (χ1n) is 10.1. The van der Waals surface area contributed by atoms with Crippen LogP contribution < -0.4 is 0 Å². The highest BCUT2D eigenvalue weighted by molar-refractivity contribution is 5.88. The Kier molecular flexibility index (Phi) is 5.19. The van der Waals surface area contributed by atoms with Crippen molar-refractivity contribution in [2.24, 2.45) is 5.92 Å². The van der Waals surface area contributed by atoms with Crippen molar-refractivity contribution in [1.82, 2.24) is 9.80 Å². The van der Waals surface area contributed by atoms with Crippen LogP contribution in [0.25, 0.3) is 11.0 Å². The Morgan fingerprint density at radius 1 is 1.04 bits per heavy atom. The summed E-state index contributed by atoms with van der Waals surface area (Å²) in [6, 6.07) is 6.07. The molecule has 0 bridgehead atoms. The summed E-state index contributed by atoms with van der Waals surface area (Å²) in [6.07, 6.45) is 7.12. The second-order valence-corrected chi connectivity index (χ2v) is 7.98. The Labute approximate surface area is 160 Å². The van der Waals surface area contributed by atoms with Gasteiger partial charge in [-0.2, -0.15) is 0 Å². The van der Waals surface area contributed by atoms with Crippen LogP contribution in [0.4, 0.5) is 0 Å². The predicted molar refractivity (Wildman–Crippen MR) is 104 cm³/mol. The van der Waals surface area contributed by atoms with E-state index in [9.17, 15) is 9.59 Å². The van der Waals surface area contributed by atoms with Crippen LogP contribution in [0.15, 0.2) is 28.9 Å². The van der Waals surface area contributed by atoms with Crippen molar-refractivity contribution in [3.8, 4) is 0 Å². The van der Waals surface area contributed by atoms with Gasteiger partial charge in [0.25, 0.3) is 0 Å². The number of benzene rings is 1. The molecule has 1 aromatic carbocycles. The highest BCUT2D eigenvalue weighted by Gasteiger charge is 2.30. The van der Waals surface area contributed by atoms with Gasteiger partial charge in [0.2, 0.25) is 11.8 Å². The summed E-state index contributed by atoms with van der Waals surface area (Å²) in [6.45, 7) is 5.20. The Balaban J connectivity index is 1.33. The number of hydrogen-bond acceptors (Lipinski definition) is 3. The second kappa shape index (κ2) is 7.75. The van der Waals surface area contributed by atoms with Crippen LogP contribution in [0.3, 0.4) is 0 Å². The monoisotopic (exact) mass is 368 g/mol. The van der Waals surface area contributed by atoms with Crippen LogP contribution in [0, 0.1) is 12.8 Å². The average molecular weight is 368 g/mol. The van der Waals surface area contributed by atoms with Gasteiger partial charge in [-0.15, -0.1) is 0 Å². The summed E-state index contributed by atoms with van der Waals surface area (Å²) in [5.41, 5.74) is 2.93. The third-order valence-corrected chi connectivity index (χ3v) is 6.02. The smallest absolute Gasteiger partial charge is 0.227 e. The zero-order chi connectivity index (χ0) is 18.8. The highest BCUT2D eigenvalue weighted by Crippen LogP contribution is 2.25. The second-order valence-electron chi connectivity index (χ2n) is 7.98. The van der Waals surface area contributed by atoms with E-state index in [0.29, 0.717) is 25.4 Å². The van der Waals surface area contributed by atoms with Gasteiger partial charge in [-0.3, -0.25) is 9.59 Å². The standard InChI is InChI=1S/C22H28N2O3/c1-16-5-6-19-18(15-27-20(19)13-16)14-21(25)23-11-7-17(8-12-23)22(26)24-9-3-2-4-10-24/h5-6,13,15,17H,2-4,7-12,14H2,1H3. The van der Waals surface area contributed by atoms with Gasteiger partial charge in [0.05, 0.1) is 12.7 Å². The summed E-state index contributed by atoms with van der Waals surface area (Å²) in [5, 5.41) is 1.02. The van der Waals surface area contributed by atoms with Crippen LogP contribution in [0.5, 0.6) is 0 Å². The Hall–Kier alpha value is -2.30. The summed E-state index contributed by atoms with van der Waals surface area (Å²) < 4.78 is 5.61. The van der Waals surface area contributed by atoms with Gasteiger partial charge in [-0.05, 0) is 50.7 Å². The minimum atomic E-state index is 0.0879. The quantitative estimate of drug-likeness (QED) is 0.833. The summed E-state index contributed by atoms with van der Waals surface area (Å²) in [7, 11) is 0. The van der Waals surface area contributed by atoms with E-state index in [1.807, 2.05) is 34.9 Å². The van der Waals surface area contributed by atoms with E-state index >= 15 is 0 Å². The number of carbonyl (C=O) groups excluding carboxylic acids is 2. The fourth-order valence-corrected chi connectivity index (χ4v) is 4.35. The number of aryl methyl sites for hydroxylation is 1. The van der Waals surface area contributed by atoms with Crippen molar-refractivity contribution in [2.45, 2.75) is 45.4 Å². The number of carbonyl (C=O) groups is 2. The largest absolute Gasteiger partial charge is 0.464 e. The molecule has 0 saturated carbocycles. The third kappa shape index (κ3) is 3.87. The molecule has 144 valence electrons. The molecule has 27 heavy (non-hydrogen) atoms. The van der Waals surface area contributed by atoms with Crippen LogP contribution in [0.2, 0.25) is 0 Å². The van der Waals surface area contributed by atoms with E-state index in [1.54, 1.807) is 6.26 Å². The van der Waals surface area contributed by atoms with Gasteiger partial charge < -0.3 is 14.2 Å². The number of hydrogen-bond donors (Lipinski definition) is 0. The topological polar surface area (TPSA) is 53.8 Å². The van der Waals surface area contributed by atoms with E-state index in [-0.39, 0.29) is 11.8 Å². The molecule has 2 fully saturated rings. The molecule has 0 aliphatic carbocycles. The molecule has 1 aromatic heterocycles. The average Bonchev–Trinajstić information content (AvgIpc) is 3.10. The molecule has 2 aliphatic heterocycles. The summed E-state index contributed by atoms with van der Waals surface area (Å²) in [5.74, 6) is 0.519. The number of furan rings is 1. The fraction of sp³-hybridized carbons (Fsp3) is 0.545. The molecule has 2 amide bonds. The molecule has 0 radical (unpaired) electrons. The maximum absolute atomic E-state index is 12.7. The Morgan fingerprint density at radius 3 is 2.52 bits per heavy atom. The van der Waals surface area contributed by atoms with Gasteiger partial charge in [-0.25, -0.2) is 0 Å². The molecule has 5 heteroatoms. The lowest BCUT2D eigenvalue weighted by molar-refractivity contribution is -0.141. The number of rotatable bonds is 3. The molecule has 0 N–H and O–H groups in total. The van der Waals surface area contributed by atoms with Crippen molar-refractivity contribution in [3.63, 3.8) is 0 Å². The van der Waals surface area contributed by atoms with Crippen molar-refractivity contribution >= 4 is 22.8 Å². The van der Waals surface area contributed by atoms with Crippen LogP contribution in [-0.2, 0) is 16.0 Å². The van der Waals surface area contributed by atoms with Crippen molar-refractivity contribution in [1.29, 1.82) is 0 Å². The molecule has 0 spiro atoms. The van der Waals surface area contributed by atoms with Gasteiger partial charge >= 0.3 is 0 Å². The minimum absolute atomic E-state index is 0.0879. The molecule has 0 atom stereocenters. The third-order valence-electron chi connectivity index (χ3n) is 6.02. The molecule has 3 heterocycles. The first kappa shape index (κ1) is 18.1. The summed E-state index contributed by atoms with van der Waals surface area (Å²) >= 11 is 0. The Morgan fingerprint density at radius 2 is 1.78 bits per heavy atom. The number of fused-ring (bicyclic) bond motifs is 1. The normalized spacial score (nSPS) is 18.9. The lowest BCUT2D eigenvalue weighted by Crippen LogP contribution is -2.46. The van der Waals surface area contributed by atoms with Gasteiger partial charge in [-0.1, -0.05) is 12.1 Å². The minimum Gasteiger partial charge on any atom is -0.464 e. The van der Waals surface area contributed by atoms with Crippen molar-refractivity contribution < 1.29 is 14.0 Å². The van der Waals surface area contributed by atoms with E-state index in [1.165, 1.54) is 6.42 Å². The van der Waals surface area contributed by atoms with E-state index in [0.717, 1.165) is 60.9 Å². The highest BCUT2D eigenvalue weighted by atomic mass is 16.3.